The summed E-state index contributed by atoms with van der Waals surface area (Å²) < 4.78 is 0. The Labute approximate surface area is 190 Å². The van der Waals surface area contributed by atoms with E-state index < -0.39 is 0 Å². The highest BCUT2D eigenvalue weighted by atomic mass is 32.1. The van der Waals surface area contributed by atoms with E-state index in [9.17, 15) is 4.79 Å². The number of aliphatic imine (C=N–C) groups is 1. The predicted octanol–water partition coefficient (Wildman–Crippen LogP) is 3.42. The van der Waals surface area contributed by atoms with Gasteiger partial charge in [-0.2, -0.15) is 0 Å². The molecule has 0 bridgehead atoms. The highest BCUT2D eigenvalue weighted by Crippen LogP contribution is 2.20. The highest BCUT2D eigenvalue weighted by Gasteiger charge is 2.19. The first-order chi connectivity index (χ1) is 15.0. The van der Waals surface area contributed by atoms with Crippen LogP contribution in [0, 0.1) is 5.92 Å². The maximum Gasteiger partial charge on any atom is 0.253 e. The van der Waals surface area contributed by atoms with Gasteiger partial charge in [0.2, 0.25) is 0 Å². The van der Waals surface area contributed by atoms with Gasteiger partial charge in [0.15, 0.2) is 5.96 Å². The average Bonchev–Trinajstić information content (AvgIpc) is 3.29. The fourth-order valence-electron chi connectivity index (χ4n) is 3.74. The van der Waals surface area contributed by atoms with Crippen LogP contribution in [0.15, 0.2) is 46.8 Å². The van der Waals surface area contributed by atoms with E-state index in [-0.39, 0.29) is 5.91 Å². The molecule has 7 heteroatoms. The molecule has 1 fully saturated rings. The van der Waals surface area contributed by atoms with Crippen molar-refractivity contribution < 1.29 is 4.79 Å². The molecule has 1 aliphatic heterocycles. The normalized spacial score (nSPS) is 15.6. The lowest BCUT2D eigenvalue weighted by Gasteiger charge is -2.32. The number of amides is 1. The van der Waals surface area contributed by atoms with E-state index in [2.05, 4.69) is 40.0 Å². The van der Waals surface area contributed by atoms with Gasteiger partial charge in [0.25, 0.3) is 5.91 Å². The lowest BCUT2D eigenvalue weighted by molar-refractivity contribution is 0.0827. The number of rotatable bonds is 8. The van der Waals surface area contributed by atoms with E-state index >= 15 is 0 Å². The molecule has 2 N–H and O–H groups in total. The Morgan fingerprint density at radius 1 is 1.16 bits per heavy atom. The second kappa shape index (κ2) is 11.9. The molecule has 0 aliphatic carbocycles. The van der Waals surface area contributed by atoms with Crippen molar-refractivity contribution in [1.82, 2.24) is 20.4 Å². The fourth-order valence-corrected chi connectivity index (χ4v) is 4.48. The second-order valence-corrected chi connectivity index (χ2v) is 9.30. The molecule has 0 saturated carbocycles. The van der Waals surface area contributed by atoms with Gasteiger partial charge in [0, 0.05) is 44.2 Å². The zero-order valence-corrected chi connectivity index (χ0v) is 19.8. The number of guanidine groups is 1. The van der Waals surface area contributed by atoms with E-state index in [0.717, 1.165) is 44.2 Å². The van der Waals surface area contributed by atoms with Crippen LogP contribution in [0.2, 0.25) is 0 Å². The first kappa shape index (κ1) is 23.3. The van der Waals surface area contributed by atoms with Gasteiger partial charge in [0.1, 0.15) is 0 Å². The van der Waals surface area contributed by atoms with Gasteiger partial charge in [-0.25, -0.2) is 4.99 Å². The van der Waals surface area contributed by atoms with Gasteiger partial charge in [-0.1, -0.05) is 18.2 Å². The van der Waals surface area contributed by atoms with E-state index in [4.69, 9.17) is 4.99 Å². The van der Waals surface area contributed by atoms with Gasteiger partial charge >= 0.3 is 0 Å². The van der Waals surface area contributed by atoms with E-state index in [1.165, 1.54) is 17.7 Å². The van der Waals surface area contributed by atoms with Crippen molar-refractivity contribution in [3.63, 3.8) is 0 Å². The first-order valence-corrected chi connectivity index (χ1v) is 12.0. The summed E-state index contributed by atoms with van der Waals surface area (Å²) in [5.74, 6) is 1.56. The smallest absolute Gasteiger partial charge is 0.253 e. The highest BCUT2D eigenvalue weighted by molar-refractivity contribution is 7.09. The van der Waals surface area contributed by atoms with Gasteiger partial charge < -0.3 is 15.5 Å². The Bertz CT molecular complexity index is 824. The number of thiophene rings is 1. The van der Waals surface area contributed by atoms with Crippen molar-refractivity contribution in [1.29, 1.82) is 0 Å². The molecule has 1 aromatic carbocycles. The van der Waals surface area contributed by atoms with Crippen LogP contribution in [-0.4, -0.2) is 61.9 Å². The van der Waals surface area contributed by atoms with Gasteiger partial charge in [0.05, 0.1) is 6.54 Å². The van der Waals surface area contributed by atoms with E-state index in [1.54, 1.807) is 19.0 Å². The number of likely N-dealkylation sites (tertiary alicyclic amines) is 1. The Hall–Kier alpha value is -2.38. The quantitative estimate of drug-likeness (QED) is 0.487. The molecule has 1 saturated heterocycles. The SMILES string of the molecule is CCNC(=NCc1ccc(C(=O)N(C)C)cc1)NCC1CCN(Cc2cccs2)CC1. The molecule has 0 atom stereocenters. The third-order valence-electron chi connectivity index (χ3n) is 5.60. The van der Waals surface area contributed by atoms with E-state index in [1.807, 2.05) is 35.6 Å². The number of nitrogens with one attached hydrogen (secondary N) is 2. The van der Waals surface area contributed by atoms with Gasteiger partial charge in [-0.05, 0) is 67.9 Å². The fraction of sp³-hybridized carbons (Fsp3) is 0.500. The molecule has 31 heavy (non-hydrogen) atoms. The molecule has 1 aliphatic rings. The third kappa shape index (κ3) is 7.36. The first-order valence-electron chi connectivity index (χ1n) is 11.1. The van der Waals surface area contributed by atoms with Crippen molar-refractivity contribution in [2.75, 3.05) is 40.3 Å². The lowest BCUT2D eigenvalue weighted by atomic mass is 9.97. The van der Waals surface area contributed by atoms with Crippen LogP contribution in [0.4, 0.5) is 0 Å². The number of carbonyl (C=O) groups is 1. The van der Waals surface area contributed by atoms with Crippen LogP contribution in [0.1, 0.15) is 40.6 Å². The van der Waals surface area contributed by atoms with Gasteiger partial charge in [-0.15, -0.1) is 11.3 Å². The topological polar surface area (TPSA) is 60.0 Å². The molecule has 2 aromatic rings. The third-order valence-corrected chi connectivity index (χ3v) is 6.46. The van der Waals surface area contributed by atoms with Crippen LogP contribution in [0.5, 0.6) is 0 Å². The molecule has 2 heterocycles. The number of piperidine rings is 1. The maximum absolute atomic E-state index is 12.0. The summed E-state index contributed by atoms with van der Waals surface area (Å²) in [6, 6.07) is 12.1. The van der Waals surface area contributed by atoms with Crippen LogP contribution < -0.4 is 10.6 Å². The van der Waals surface area contributed by atoms with Crippen molar-refractivity contribution in [3.8, 4) is 0 Å². The van der Waals surface area contributed by atoms with Crippen LogP contribution in [0.3, 0.4) is 0 Å². The number of hydrogen-bond donors (Lipinski definition) is 2. The average molecular weight is 442 g/mol. The molecular formula is C24H35N5OS. The summed E-state index contributed by atoms with van der Waals surface area (Å²) >= 11 is 1.85. The molecule has 6 nitrogen and oxygen atoms in total. The van der Waals surface area contributed by atoms with Crippen LogP contribution >= 0.6 is 11.3 Å². The Kier molecular flexibility index (Phi) is 8.91. The summed E-state index contributed by atoms with van der Waals surface area (Å²) in [4.78, 5) is 22.4. The minimum atomic E-state index is 0.0199. The molecule has 0 unspecified atom stereocenters. The molecule has 168 valence electrons. The molecule has 1 amide bonds. The largest absolute Gasteiger partial charge is 0.357 e. The Morgan fingerprint density at radius 2 is 1.90 bits per heavy atom. The maximum atomic E-state index is 12.0. The zero-order valence-electron chi connectivity index (χ0n) is 18.9. The minimum Gasteiger partial charge on any atom is -0.357 e. The number of benzene rings is 1. The zero-order chi connectivity index (χ0) is 22.1. The van der Waals surface area contributed by atoms with E-state index in [0.29, 0.717) is 18.0 Å². The van der Waals surface area contributed by atoms with Gasteiger partial charge in [-0.3, -0.25) is 9.69 Å². The molecule has 3 rings (SSSR count). The van der Waals surface area contributed by atoms with Crippen molar-refractivity contribution >= 4 is 23.2 Å². The van der Waals surface area contributed by atoms with Crippen LogP contribution in [0.25, 0.3) is 0 Å². The van der Waals surface area contributed by atoms with Crippen molar-refractivity contribution in [3.05, 3.63) is 57.8 Å². The van der Waals surface area contributed by atoms with Crippen molar-refractivity contribution in [2.24, 2.45) is 10.9 Å². The summed E-state index contributed by atoms with van der Waals surface area (Å²) in [5.41, 5.74) is 1.79. The summed E-state index contributed by atoms with van der Waals surface area (Å²) in [6.45, 7) is 7.87. The predicted molar refractivity (Wildman–Crippen MR) is 130 cm³/mol. The molecule has 0 spiro atoms. The molecule has 0 radical (unpaired) electrons. The molecular weight excluding hydrogens is 406 g/mol. The monoisotopic (exact) mass is 441 g/mol. The second-order valence-electron chi connectivity index (χ2n) is 8.27. The Balaban J connectivity index is 1.45. The molecule has 1 aromatic heterocycles. The van der Waals surface area contributed by atoms with Crippen LogP contribution in [-0.2, 0) is 13.1 Å². The summed E-state index contributed by atoms with van der Waals surface area (Å²) in [5, 5.41) is 9.03. The summed E-state index contributed by atoms with van der Waals surface area (Å²) in [7, 11) is 3.53. The minimum absolute atomic E-state index is 0.0199. The number of carbonyl (C=O) groups excluding carboxylic acids is 1. The summed E-state index contributed by atoms with van der Waals surface area (Å²) in [6.07, 6.45) is 2.44. The lowest BCUT2D eigenvalue weighted by Crippen LogP contribution is -2.42. The van der Waals surface area contributed by atoms with Crippen molar-refractivity contribution in [2.45, 2.75) is 32.9 Å². The number of nitrogens with zero attached hydrogens (tertiary/aromatic N) is 3. The standard InChI is InChI=1S/C24H35N5OS/c1-4-25-24(26-16-19-7-9-21(10-8-19)23(30)28(2)3)27-17-20-11-13-29(14-12-20)18-22-6-5-15-31-22/h5-10,15,20H,4,11-14,16-18H2,1-3H3,(H2,25,26,27). The number of hydrogen-bond acceptors (Lipinski definition) is 4. The Morgan fingerprint density at radius 3 is 2.52 bits per heavy atom.